The van der Waals surface area contributed by atoms with Crippen molar-refractivity contribution >= 4 is 27.8 Å². The van der Waals surface area contributed by atoms with Crippen LogP contribution in [0, 0.1) is 5.82 Å². The van der Waals surface area contributed by atoms with E-state index in [9.17, 15) is 14.0 Å². The zero-order valence-corrected chi connectivity index (χ0v) is 11.3. The normalized spacial score (nSPS) is 11.9. The van der Waals surface area contributed by atoms with Crippen LogP contribution in [0.2, 0.25) is 0 Å². The van der Waals surface area contributed by atoms with Gasteiger partial charge in [-0.25, -0.2) is 9.18 Å². The van der Waals surface area contributed by atoms with E-state index >= 15 is 0 Å². The number of benzene rings is 1. The molecule has 0 aromatic heterocycles. The number of carbonyl (C=O) groups is 2. The SMILES string of the molecule is CCC[C@@H](NC(=O)c1ccc(Br)cc1F)C(=O)O. The number of carboxylic acids is 1. The van der Waals surface area contributed by atoms with Gasteiger partial charge in [-0.3, -0.25) is 4.79 Å². The maximum absolute atomic E-state index is 13.5. The third-order valence-corrected chi connectivity index (χ3v) is 2.85. The van der Waals surface area contributed by atoms with Crippen molar-refractivity contribution in [1.82, 2.24) is 5.32 Å². The molecule has 0 saturated heterocycles. The molecule has 0 fully saturated rings. The second kappa shape index (κ2) is 6.49. The molecule has 0 saturated carbocycles. The quantitative estimate of drug-likeness (QED) is 0.877. The van der Waals surface area contributed by atoms with E-state index in [1.165, 1.54) is 12.1 Å². The minimum atomic E-state index is -1.12. The van der Waals surface area contributed by atoms with Gasteiger partial charge in [-0.1, -0.05) is 29.3 Å². The van der Waals surface area contributed by atoms with Crippen molar-refractivity contribution in [3.8, 4) is 0 Å². The molecule has 2 N–H and O–H groups in total. The fourth-order valence-corrected chi connectivity index (χ4v) is 1.79. The fraction of sp³-hybridized carbons (Fsp3) is 0.333. The lowest BCUT2D eigenvalue weighted by atomic mass is 10.1. The summed E-state index contributed by atoms with van der Waals surface area (Å²) in [6.45, 7) is 1.81. The molecule has 0 unspecified atom stereocenters. The predicted octanol–water partition coefficient (Wildman–Crippen LogP) is 2.57. The average molecular weight is 318 g/mol. The smallest absolute Gasteiger partial charge is 0.326 e. The van der Waals surface area contributed by atoms with Gasteiger partial charge >= 0.3 is 5.97 Å². The highest BCUT2D eigenvalue weighted by molar-refractivity contribution is 9.10. The summed E-state index contributed by atoms with van der Waals surface area (Å²) in [6.07, 6.45) is 0.916. The molecule has 1 atom stereocenters. The van der Waals surface area contributed by atoms with Crippen molar-refractivity contribution in [2.45, 2.75) is 25.8 Å². The standard InChI is InChI=1S/C12H13BrFNO3/c1-2-3-10(12(17)18)15-11(16)8-5-4-7(13)6-9(8)14/h4-6,10H,2-3H2,1H3,(H,15,16)(H,17,18)/t10-/m1/s1. The molecular formula is C12H13BrFNO3. The first-order valence-corrected chi connectivity index (χ1v) is 6.23. The Hall–Kier alpha value is -1.43. The summed E-state index contributed by atoms with van der Waals surface area (Å²) in [7, 11) is 0. The van der Waals surface area contributed by atoms with Gasteiger partial charge in [-0.2, -0.15) is 0 Å². The van der Waals surface area contributed by atoms with Crippen LogP contribution in [0.1, 0.15) is 30.1 Å². The maximum atomic E-state index is 13.5. The van der Waals surface area contributed by atoms with E-state index in [2.05, 4.69) is 21.2 Å². The van der Waals surface area contributed by atoms with Crippen LogP contribution in [-0.2, 0) is 4.79 Å². The molecule has 98 valence electrons. The Morgan fingerprint density at radius 2 is 2.17 bits per heavy atom. The van der Waals surface area contributed by atoms with Gasteiger partial charge in [0, 0.05) is 4.47 Å². The number of carbonyl (C=O) groups excluding carboxylic acids is 1. The Kier molecular flexibility index (Phi) is 5.27. The van der Waals surface area contributed by atoms with Gasteiger partial charge in [-0.05, 0) is 24.6 Å². The van der Waals surface area contributed by atoms with Crippen molar-refractivity contribution < 1.29 is 19.1 Å². The van der Waals surface area contributed by atoms with Crippen LogP contribution in [0.15, 0.2) is 22.7 Å². The van der Waals surface area contributed by atoms with E-state index in [4.69, 9.17) is 5.11 Å². The van der Waals surface area contributed by atoms with Crippen LogP contribution in [0.5, 0.6) is 0 Å². The molecule has 4 nitrogen and oxygen atoms in total. The maximum Gasteiger partial charge on any atom is 0.326 e. The van der Waals surface area contributed by atoms with E-state index in [0.717, 1.165) is 6.07 Å². The predicted molar refractivity (Wildman–Crippen MR) is 67.9 cm³/mol. The average Bonchev–Trinajstić information content (AvgIpc) is 2.27. The fourth-order valence-electron chi connectivity index (χ4n) is 1.46. The van der Waals surface area contributed by atoms with E-state index in [1.54, 1.807) is 0 Å². The van der Waals surface area contributed by atoms with Crippen LogP contribution >= 0.6 is 15.9 Å². The van der Waals surface area contributed by atoms with Gasteiger partial charge in [0.25, 0.3) is 5.91 Å². The highest BCUT2D eigenvalue weighted by atomic mass is 79.9. The van der Waals surface area contributed by atoms with Crippen molar-refractivity contribution in [3.05, 3.63) is 34.1 Å². The summed E-state index contributed by atoms with van der Waals surface area (Å²) in [5, 5.41) is 11.2. The minimum absolute atomic E-state index is 0.166. The molecule has 6 heteroatoms. The largest absolute Gasteiger partial charge is 0.480 e. The van der Waals surface area contributed by atoms with Gasteiger partial charge in [0.2, 0.25) is 0 Å². The lowest BCUT2D eigenvalue weighted by Crippen LogP contribution is -2.40. The molecule has 0 aliphatic rings. The summed E-state index contributed by atoms with van der Waals surface area (Å²) in [4.78, 5) is 22.6. The van der Waals surface area contributed by atoms with E-state index < -0.39 is 23.7 Å². The Morgan fingerprint density at radius 1 is 1.50 bits per heavy atom. The molecule has 0 heterocycles. The van der Waals surface area contributed by atoms with Crippen molar-refractivity contribution in [3.63, 3.8) is 0 Å². The van der Waals surface area contributed by atoms with Crippen LogP contribution in [-0.4, -0.2) is 23.0 Å². The second-order valence-electron chi connectivity index (χ2n) is 3.78. The van der Waals surface area contributed by atoms with E-state index in [-0.39, 0.29) is 5.56 Å². The number of rotatable bonds is 5. The molecule has 1 amide bonds. The van der Waals surface area contributed by atoms with Gasteiger partial charge in [0.05, 0.1) is 5.56 Å². The number of aliphatic carboxylic acids is 1. The Balaban J connectivity index is 2.83. The van der Waals surface area contributed by atoms with Gasteiger partial charge in [0.1, 0.15) is 11.9 Å². The first-order chi connectivity index (χ1) is 8.45. The van der Waals surface area contributed by atoms with Crippen molar-refractivity contribution in [2.75, 3.05) is 0 Å². The molecule has 1 aromatic rings. The summed E-state index contributed by atoms with van der Waals surface area (Å²) in [5.74, 6) is -2.54. The number of amides is 1. The van der Waals surface area contributed by atoms with Gasteiger partial charge in [-0.15, -0.1) is 0 Å². The number of hydrogen-bond acceptors (Lipinski definition) is 2. The Labute approximate surface area is 112 Å². The summed E-state index contributed by atoms with van der Waals surface area (Å²) in [6, 6.07) is 2.99. The molecule has 1 aromatic carbocycles. The Morgan fingerprint density at radius 3 is 2.67 bits per heavy atom. The molecule has 0 bridgehead atoms. The molecule has 0 aliphatic heterocycles. The highest BCUT2D eigenvalue weighted by Gasteiger charge is 2.21. The van der Waals surface area contributed by atoms with Crippen LogP contribution < -0.4 is 5.32 Å². The zero-order valence-electron chi connectivity index (χ0n) is 9.74. The molecule has 0 radical (unpaired) electrons. The molecule has 0 spiro atoms. The monoisotopic (exact) mass is 317 g/mol. The number of nitrogens with one attached hydrogen (secondary N) is 1. The Bertz CT molecular complexity index is 465. The van der Waals surface area contributed by atoms with Gasteiger partial charge < -0.3 is 10.4 Å². The van der Waals surface area contributed by atoms with Gasteiger partial charge in [0.15, 0.2) is 0 Å². The first-order valence-electron chi connectivity index (χ1n) is 5.44. The minimum Gasteiger partial charge on any atom is -0.480 e. The highest BCUT2D eigenvalue weighted by Crippen LogP contribution is 2.15. The van der Waals surface area contributed by atoms with E-state index in [0.29, 0.717) is 17.3 Å². The summed E-state index contributed by atoms with van der Waals surface area (Å²) in [5.41, 5.74) is -0.166. The third kappa shape index (κ3) is 3.80. The summed E-state index contributed by atoms with van der Waals surface area (Å²) < 4.78 is 14.0. The molecule has 0 aliphatic carbocycles. The van der Waals surface area contributed by atoms with E-state index in [1.807, 2.05) is 6.92 Å². The molecule has 18 heavy (non-hydrogen) atoms. The van der Waals surface area contributed by atoms with Crippen molar-refractivity contribution in [2.24, 2.45) is 0 Å². The molecule has 1 rings (SSSR count). The number of carboxylic acid groups (broad SMARTS) is 1. The second-order valence-corrected chi connectivity index (χ2v) is 4.69. The lowest BCUT2D eigenvalue weighted by Gasteiger charge is -2.13. The zero-order chi connectivity index (χ0) is 13.7. The topological polar surface area (TPSA) is 66.4 Å². The summed E-state index contributed by atoms with van der Waals surface area (Å²) >= 11 is 3.08. The van der Waals surface area contributed by atoms with Crippen molar-refractivity contribution in [1.29, 1.82) is 0 Å². The lowest BCUT2D eigenvalue weighted by molar-refractivity contribution is -0.139. The molecular weight excluding hydrogens is 305 g/mol. The number of halogens is 2. The first kappa shape index (κ1) is 14.6. The van der Waals surface area contributed by atoms with Crippen LogP contribution in [0.4, 0.5) is 4.39 Å². The number of hydrogen-bond donors (Lipinski definition) is 2. The third-order valence-electron chi connectivity index (χ3n) is 2.36. The van der Waals surface area contributed by atoms with Crippen LogP contribution in [0.25, 0.3) is 0 Å². The van der Waals surface area contributed by atoms with Crippen LogP contribution in [0.3, 0.4) is 0 Å².